The molecule has 19 heavy (non-hydrogen) atoms. The normalized spacial score (nSPS) is 10.8. The van der Waals surface area contributed by atoms with E-state index in [0.717, 1.165) is 16.7 Å². The van der Waals surface area contributed by atoms with Crippen molar-refractivity contribution >= 4 is 17.6 Å². The van der Waals surface area contributed by atoms with Crippen molar-refractivity contribution < 1.29 is 4.92 Å². The van der Waals surface area contributed by atoms with E-state index in [-0.39, 0.29) is 5.69 Å². The van der Waals surface area contributed by atoms with Crippen molar-refractivity contribution in [2.24, 2.45) is 4.99 Å². The van der Waals surface area contributed by atoms with Gasteiger partial charge in [-0.1, -0.05) is 35.9 Å². The summed E-state index contributed by atoms with van der Waals surface area (Å²) >= 11 is 0. The zero-order valence-electron chi connectivity index (χ0n) is 10.8. The summed E-state index contributed by atoms with van der Waals surface area (Å²) in [6, 6.07) is 12.6. The van der Waals surface area contributed by atoms with E-state index < -0.39 is 4.92 Å². The van der Waals surface area contributed by atoms with Crippen LogP contribution in [0.5, 0.6) is 0 Å². The molecule has 0 saturated heterocycles. The lowest BCUT2D eigenvalue weighted by molar-refractivity contribution is -0.384. The second-order valence-electron chi connectivity index (χ2n) is 4.40. The molecule has 0 saturated carbocycles. The van der Waals surface area contributed by atoms with Crippen LogP contribution in [0.4, 0.5) is 11.4 Å². The number of nitrogens with zero attached hydrogens (tertiary/aromatic N) is 2. The summed E-state index contributed by atoms with van der Waals surface area (Å²) < 4.78 is 0. The Morgan fingerprint density at radius 1 is 1.16 bits per heavy atom. The van der Waals surface area contributed by atoms with E-state index in [1.165, 1.54) is 12.1 Å². The Morgan fingerprint density at radius 2 is 1.95 bits per heavy atom. The maximum Gasteiger partial charge on any atom is 0.271 e. The third-order valence-corrected chi connectivity index (χ3v) is 2.80. The van der Waals surface area contributed by atoms with Crippen molar-refractivity contribution in [2.45, 2.75) is 13.8 Å². The van der Waals surface area contributed by atoms with Gasteiger partial charge in [0.1, 0.15) is 0 Å². The standard InChI is InChI=1S/C15H14N2O2/c1-11-4-3-5-13(8-11)10-16-15-9-14(17(18)19)7-6-12(15)2/h3-10H,1-2H3. The van der Waals surface area contributed by atoms with Crippen molar-refractivity contribution in [2.75, 3.05) is 0 Å². The first-order valence-corrected chi connectivity index (χ1v) is 5.92. The highest BCUT2D eigenvalue weighted by Gasteiger charge is 2.07. The van der Waals surface area contributed by atoms with E-state index in [4.69, 9.17) is 0 Å². The minimum atomic E-state index is -0.412. The molecular weight excluding hydrogens is 240 g/mol. The molecule has 0 aliphatic rings. The number of hydrogen-bond acceptors (Lipinski definition) is 3. The maximum absolute atomic E-state index is 10.7. The third kappa shape index (κ3) is 3.25. The Balaban J connectivity index is 2.32. The molecule has 0 fully saturated rings. The smallest absolute Gasteiger partial charge is 0.258 e. The van der Waals surface area contributed by atoms with Gasteiger partial charge in [0.15, 0.2) is 0 Å². The van der Waals surface area contributed by atoms with Crippen LogP contribution >= 0.6 is 0 Å². The average molecular weight is 254 g/mol. The van der Waals surface area contributed by atoms with Gasteiger partial charge in [0.2, 0.25) is 0 Å². The fourth-order valence-electron chi connectivity index (χ4n) is 1.74. The molecule has 0 unspecified atom stereocenters. The monoisotopic (exact) mass is 254 g/mol. The van der Waals surface area contributed by atoms with Crippen molar-refractivity contribution in [3.8, 4) is 0 Å². The van der Waals surface area contributed by atoms with E-state index in [9.17, 15) is 10.1 Å². The van der Waals surface area contributed by atoms with Gasteiger partial charge in [-0.15, -0.1) is 0 Å². The number of nitro groups is 1. The van der Waals surface area contributed by atoms with Crippen LogP contribution in [-0.4, -0.2) is 11.1 Å². The zero-order valence-corrected chi connectivity index (χ0v) is 10.8. The highest BCUT2D eigenvalue weighted by atomic mass is 16.6. The fourth-order valence-corrected chi connectivity index (χ4v) is 1.74. The number of benzene rings is 2. The minimum absolute atomic E-state index is 0.0574. The molecule has 4 nitrogen and oxygen atoms in total. The number of rotatable bonds is 3. The summed E-state index contributed by atoms with van der Waals surface area (Å²) in [4.78, 5) is 14.7. The molecule has 0 N–H and O–H groups in total. The molecule has 0 radical (unpaired) electrons. The number of non-ortho nitro benzene ring substituents is 1. The lowest BCUT2D eigenvalue weighted by Crippen LogP contribution is -1.88. The molecule has 0 aromatic heterocycles. The van der Waals surface area contributed by atoms with E-state index in [1.54, 1.807) is 12.3 Å². The van der Waals surface area contributed by atoms with E-state index in [0.29, 0.717) is 5.69 Å². The second-order valence-corrected chi connectivity index (χ2v) is 4.40. The fraction of sp³-hybridized carbons (Fsp3) is 0.133. The first-order valence-electron chi connectivity index (χ1n) is 5.92. The van der Waals surface area contributed by atoms with Gasteiger partial charge in [-0.3, -0.25) is 15.1 Å². The van der Waals surface area contributed by atoms with Crippen LogP contribution in [0, 0.1) is 24.0 Å². The summed E-state index contributed by atoms with van der Waals surface area (Å²) in [7, 11) is 0. The van der Waals surface area contributed by atoms with E-state index >= 15 is 0 Å². The molecule has 0 aliphatic heterocycles. The van der Waals surface area contributed by atoms with Crippen LogP contribution in [0.15, 0.2) is 47.5 Å². The van der Waals surface area contributed by atoms with Crippen LogP contribution in [0.1, 0.15) is 16.7 Å². The van der Waals surface area contributed by atoms with Crippen molar-refractivity contribution in [3.05, 3.63) is 69.3 Å². The quantitative estimate of drug-likeness (QED) is 0.473. The van der Waals surface area contributed by atoms with Crippen LogP contribution in [-0.2, 0) is 0 Å². The molecule has 0 amide bonds. The van der Waals surface area contributed by atoms with Gasteiger partial charge in [0.05, 0.1) is 10.6 Å². The van der Waals surface area contributed by atoms with Crippen LogP contribution < -0.4 is 0 Å². The number of hydrogen-bond donors (Lipinski definition) is 0. The lowest BCUT2D eigenvalue weighted by atomic mass is 10.1. The van der Waals surface area contributed by atoms with Crippen molar-refractivity contribution in [3.63, 3.8) is 0 Å². The SMILES string of the molecule is Cc1cccc(C=Nc2cc([N+](=O)[O-])ccc2C)c1. The Labute approximate surface area is 111 Å². The first-order chi connectivity index (χ1) is 9.06. The van der Waals surface area contributed by atoms with Gasteiger partial charge in [0, 0.05) is 18.3 Å². The molecule has 0 aliphatic carbocycles. The van der Waals surface area contributed by atoms with E-state index in [2.05, 4.69) is 4.99 Å². The van der Waals surface area contributed by atoms with Crippen LogP contribution in [0.2, 0.25) is 0 Å². The minimum Gasteiger partial charge on any atom is -0.258 e. The van der Waals surface area contributed by atoms with Gasteiger partial charge >= 0.3 is 0 Å². The molecule has 0 atom stereocenters. The van der Waals surface area contributed by atoms with Crippen molar-refractivity contribution in [1.82, 2.24) is 0 Å². The topological polar surface area (TPSA) is 55.5 Å². The Kier molecular flexibility index (Phi) is 3.71. The van der Waals surface area contributed by atoms with Gasteiger partial charge in [-0.2, -0.15) is 0 Å². The predicted molar refractivity (Wildman–Crippen MR) is 76.3 cm³/mol. The lowest BCUT2D eigenvalue weighted by Gasteiger charge is -2.00. The Bertz CT molecular complexity index is 648. The summed E-state index contributed by atoms with van der Waals surface area (Å²) in [5, 5.41) is 10.7. The van der Waals surface area contributed by atoms with Gasteiger partial charge in [0.25, 0.3) is 5.69 Å². The number of aryl methyl sites for hydroxylation is 2. The largest absolute Gasteiger partial charge is 0.271 e. The summed E-state index contributed by atoms with van der Waals surface area (Å²) in [5.41, 5.74) is 3.72. The molecule has 2 aromatic carbocycles. The molecular formula is C15H14N2O2. The summed E-state index contributed by atoms with van der Waals surface area (Å²) in [6.45, 7) is 3.89. The van der Waals surface area contributed by atoms with Crippen LogP contribution in [0.3, 0.4) is 0 Å². The van der Waals surface area contributed by atoms with Gasteiger partial charge in [-0.05, 0) is 25.0 Å². The number of aliphatic imine (C=N–C) groups is 1. The van der Waals surface area contributed by atoms with Gasteiger partial charge < -0.3 is 0 Å². The Hall–Kier alpha value is -2.49. The first kappa shape index (κ1) is 13.0. The molecule has 0 spiro atoms. The molecule has 2 aromatic rings. The third-order valence-electron chi connectivity index (χ3n) is 2.80. The van der Waals surface area contributed by atoms with Crippen molar-refractivity contribution in [1.29, 1.82) is 0 Å². The molecule has 0 bridgehead atoms. The summed E-state index contributed by atoms with van der Waals surface area (Å²) in [6.07, 6.45) is 1.72. The predicted octanol–water partition coefficient (Wildman–Crippen LogP) is 3.96. The number of nitro benzene ring substituents is 1. The zero-order chi connectivity index (χ0) is 13.8. The average Bonchev–Trinajstić information content (AvgIpc) is 2.37. The Morgan fingerprint density at radius 3 is 2.63 bits per heavy atom. The maximum atomic E-state index is 10.7. The highest BCUT2D eigenvalue weighted by Crippen LogP contribution is 2.24. The molecule has 0 heterocycles. The van der Waals surface area contributed by atoms with E-state index in [1.807, 2.05) is 38.1 Å². The molecule has 4 heteroatoms. The van der Waals surface area contributed by atoms with Gasteiger partial charge in [-0.25, -0.2) is 0 Å². The second kappa shape index (κ2) is 5.44. The summed E-state index contributed by atoms with van der Waals surface area (Å²) in [5.74, 6) is 0. The highest BCUT2D eigenvalue weighted by molar-refractivity contribution is 5.82. The molecule has 96 valence electrons. The molecule has 2 rings (SSSR count). The van der Waals surface area contributed by atoms with Crippen LogP contribution in [0.25, 0.3) is 0 Å².